The van der Waals surface area contributed by atoms with Gasteiger partial charge in [-0.05, 0) is 11.3 Å². The lowest BCUT2D eigenvalue weighted by molar-refractivity contribution is 0.414. The molecule has 0 fully saturated rings. The Kier molecular flexibility index (Phi) is 2.35. The van der Waals surface area contributed by atoms with Gasteiger partial charge >= 0.3 is 7.37 Å². The standard InChI is InChI=1S/C5H5O2P/c1-4-8(6,5-2)7-3/h1-2H,3H3. The molecular formula is C5H5O2P. The molecule has 0 amide bonds. The summed E-state index contributed by atoms with van der Waals surface area (Å²) in [6.07, 6.45) is 9.49. The van der Waals surface area contributed by atoms with E-state index in [0.29, 0.717) is 0 Å². The van der Waals surface area contributed by atoms with Crippen molar-refractivity contribution in [3.63, 3.8) is 0 Å². The summed E-state index contributed by atoms with van der Waals surface area (Å²) >= 11 is 0. The molecule has 0 aromatic heterocycles. The minimum absolute atomic E-state index is 1.22. The third-order valence-corrected chi connectivity index (χ3v) is 1.79. The van der Waals surface area contributed by atoms with Crippen LogP contribution in [0.1, 0.15) is 0 Å². The van der Waals surface area contributed by atoms with Crippen molar-refractivity contribution in [2.24, 2.45) is 0 Å². The van der Waals surface area contributed by atoms with Crippen LogP contribution < -0.4 is 0 Å². The lowest BCUT2D eigenvalue weighted by Crippen LogP contribution is -1.73. The van der Waals surface area contributed by atoms with Crippen molar-refractivity contribution >= 4 is 7.37 Å². The maximum Gasteiger partial charge on any atom is 0.344 e. The van der Waals surface area contributed by atoms with E-state index in [2.05, 4.69) is 4.52 Å². The van der Waals surface area contributed by atoms with Gasteiger partial charge in [0.1, 0.15) is 0 Å². The van der Waals surface area contributed by atoms with Crippen molar-refractivity contribution in [3.8, 4) is 24.2 Å². The molecule has 8 heavy (non-hydrogen) atoms. The average Bonchev–Trinajstić information content (AvgIpc) is 1.87. The molecule has 0 unspecified atom stereocenters. The summed E-state index contributed by atoms with van der Waals surface area (Å²) in [5.41, 5.74) is 3.75. The van der Waals surface area contributed by atoms with E-state index in [1.807, 2.05) is 11.3 Å². The quantitative estimate of drug-likeness (QED) is 0.390. The van der Waals surface area contributed by atoms with Crippen LogP contribution in [0.15, 0.2) is 0 Å². The largest absolute Gasteiger partial charge is 0.344 e. The second-order valence-electron chi connectivity index (χ2n) is 0.992. The van der Waals surface area contributed by atoms with Crippen LogP contribution in [0.5, 0.6) is 0 Å². The van der Waals surface area contributed by atoms with Gasteiger partial charge in [0.25, 0.3) is 0 Å². The summed E-state index contributed by atoms with van der Waals surface area (Å²) in [5.74, 6) is 0. The first-order chi connectivity index (χ1) is 3.68. The Morgan fingerprint density at radius 3 is 1.88 bits per heavy atom. The Hall–Kier alpha value is -0.690. The minimum atomic E-state index is -3.11. The van der Waals surface area contributed by atoms with Crippen molar-refractivity contribution in [1.29, 1.82) is 0 Å². The first-order valence-electron chi connectivity index (χ1n) is 1.80. The first-order valence-corrected chi connectivity index (χ1v) is 3.42. The molecule has 0 aromatic carbocycles. The van der Waals surface area contributed by atoms with Gasteiger partial charge in [-0.15, -0.1) is 12.8 Å². The Morgan fingerprint density at radius 1 is 1.50 bits per heavy atom. The smallest absolute Gasteiger partial charge is 0.314 e. The predicted octanol–water partition coefficient (Wildman–Crippen LogP) is 1.09. The van der Waals surface area contributed by atoms with E-state index in [1.54, 1.807) is 0 Å². The third kappa shape index (κ3) is 1.43. The number of hydrogen-bond acceptors (Lipinski definition) is 2. The Labute approximate surface area is 48.7 Å². The second kappa shape index (κ2) is 2.58. The maximum absolute atomic E-state index is 10.6. The fourth-order valence-electron chi connectivity index (χ4n) is 0.143. The highest BCUT2D eigenvalue weighted by molar-refractivity contribution is 7.69. The summed E-state index contributed by atoms with van der Waals surface area (Å²) in [5, 5.41) is 0. The summed E-state index contributed by atoms with van der Waals surface area (Å²) in [7, 11) is -1.88. The van der Waals surface area contributed by atoms with Crippen molar-refractivity contribution in [2.75, 3.05) is 7.11 Å². The third-order valence-electron chi connectivity index (χ3n) is 0.597. The molecule has 42 valence electrons. The van der Waals surface area contributed by atoms with Gasteiger partial charge in [0.2, 0.25) is 0 Å². The van der Waals surface area contributed by atoms with E-state index in [1.165, 1.54) is 7.11 Å². The Bertz CT molecular complexity index is 175. The lowest BCUT2D eigenvalue weighted by atomic mass is 11.4. The van der Waals surface area contributed by atoms with Gasteiger partial charge in [0.05, 0.1) is 0 Å². The maximum atomic E-state index is 10.6. The zero-order valence-corrected chi connectivity index (χ0v) is 5.31. The molecule has 0 N–H and O–H groups in total. The molecule has 0 saturated carbocycles. The fraction of sp³-hybridized carbons (Fsp3) is 0.200. The Balaban J connectivity index is 4.38. The van der Waals surface area contributed by atoms with Gasteiger partial charge < -0.3 is 4.52 Å². The van der Waals surface area contributed by atoms with Crippen molar-refractivity contribution in [2.45, 2.75) is 0 Å². The monoisotopic (exact) mass is 128 g/mol. The van der Waals surface area contributed by atoms with Crippen LogP contribution in [0.2, 0.25) is 0 Å². The average molecular weight is 128 g/mol. The molecular weight excluding hydrogens is 123 g/mol. The molecule has 0 rings (SSSR count). The van der Waals surface area contributed by atoms with Gasteiger partial charge in [-0.3, -0.25) is 4.57 Å². The molecule has 2 nitrogen and oxygen atoms in total. The van der Waals surface area contributed by atoms with Gasteiger partial charge in [0, 0.05) is 7.11 Å². The highest BCUT2D eigenvalue weighted by Crippen LogP contribution is 2.42. The summed E-state index contributed by atoms with van der Waals surface area (Å²) in [6, 6.07) is 0. The number of rotatable bonds is 1. The normalized spacial score (nSPS) is 9.38. The lowest BCUT2D eigenvalue weighted by Gasteiger charge is -1.95. The zero-order valence-electron chi connectivity index (χ0n) is 4.42. The van der Waals surface area contributed by atoms with E-state index in [9.17, 15) is 4.57 Å². The molecule has 0 atom stereocenters. The van der Waals surface area contributed by atoms with Crippen LogP contribution in [0.4, 0.5) is 0 Å². The van der Waals surface area contributed by atoms with Gasteiger partial charge in [-0.25, -0.2) is 0 Å². The molecule has 0 aliphatic heterocycles. The van der Waals surface area contributed by atoms with Crippen LogP contribution in [-0.4, -0.2) is 7.11 Å². The molecule has 3 heteroatoms. The van der Waals surface area contributed by atoms with Crippen molar-refractivity contribution < 1.29 is 9.09 Å². The molecule has 0 aliphatic carbocycles. The van der Waals surface area contributed by atoms with Crippen LogP contribution in [-0.2, 0) is 9.09 Å². The summed E-state index contributed by atoms with van der Waals surface area (Å²) in [6.45, 7) is 0. The number of terminal acetylenes is 2. The van der Waals surface area contributed by atoms with E-state index in [-0.39, 0.29) is 0 Å². The highest BCUT2D eigenvalue weighted by Gasteiger charge is 2.10. The predicted molar refractivity (Wildman–Crippen MR) is 32.3 cm³/mol. The molecule has 0 saturated heterocycles. The Morgan fingerprint density at radius 2 is 1.88 bits per heavy atom. The molecule has 0 radical (unpaired) electrons. The van der Waals surface area contributed by atoms with Crippen LogP contribution in [0.25, 0.3) is 0 Å². The fourth-order valence-corrected chi connectivity index (χ4v) is 0.428. The SMILES string of the molecule is C#CP(=O)(C#C)OC. The topological polar surface area (TPSA) is 26.3 Å². The molecule has 0 heterocycles. The highest BCUT2D eigenvalue weighted by atomic mass is 31.2. The molecule has 0 bridgehead atoms. The number of hydrogen-bond donors (Lipinski definition) is 0. The van der Waals surface area contributed by atoms with Gasteiger partial charge in [-0.1, -0.05) is 0 Å². The molecule has 0 aromatic rings. The van der Waals surface area contributed by atoms with Crippen LogP contribution >= 0.6 is 7.37 Å². The van der Waals surface area contributed by atoms with Crippen molar-refractivity contribution in [3.05, 3.63) is 0 Å². The van der Waals surface area contributed by atoms with E-state index in [0.717, 1.165) is 0 Å². The zero-order chi connectivity index (χ0) is 6.62. The van der Waals surface area contributed by atoms with E-state index < -0.39 is 7.37 Å². The second-order valence-corrected chi connectivity index (χ2v) is 2.98. The van der Waals surface area contributed by atoms with Crippen molar-refractivity contribution in [1.82, 2.24) is 0 Å². The molecule has 0 aliphatic rings. The minimum Gasteiger partial charge on any atom is -0.314 e. The van der Waals surface area contributed by atoms with Gasteiger partial charge in [0.15, 0.2) is 0 Å². The van der Waals surface area contributed by atoms with Crippen LogP contribution in [0.3, 0.4) is 0 Å². The first kappa shape index (κ1) is 7.31. The molecule has 0 spiro atoms. The van der Waals surface area contributed by atoms with Gasteiger partial charge in [-0.2, -0.15) is 0 Å². The van der Waals surface area contributed by atoms with E-state index >= 15 is 0 Å². The summed E-state index contributed by atoms with van der Waals surface area (Å²) < 4.78 is 14.9. The summed E-state index contributed by atoms with van der Waals surface area (Å²) in [4.78, 5) is 0. The van der Waals surface area contributed by atoms with E-state index in [4.69, 9.17) is 12.8 Å². The van der Waals surface area contributed by atoms with Crippen LogP contribution in [0, 0.1) is 24.2 Å².